The molecule has 0 radical (unpaired) electrons. The summed E-state index contributed by atoms with van der Waals surface area (Å²) in [5.74, 6) is 0.862. The quantitative estimate of drug-likeness (QED) is 0.775. The van der Waals surface area contributed by atoms with Crippen molar-refractivity contribution in [3.63, 3.8) is 0 Å². The van der Waals surface area contributed by atoms with Crippen LogP contribution in [0.2, 0.25) is 0 Å². The normalized spacial score (nSPS) is 19.5. The highest BCUT2D eigenvalue weighted by molar-refractivity contribution is 6.99. The molecule has 0 saturated heterocycles. The zero-order valence-corrected chi connectivity index (χ0v) is 7.97. The van der Waals surface area contributed by atoms with Crippen molar-refractivity contribution in [3.05, 3.63) is 11.4 Å². The Morgan fingerprint density at radius 3 is 2.83 bits per heavy atom. The summed E-state index contributed by atoms with van der Waals surface area (Å²) in [6, 6.07) is 0.122. The molecule has 1 atom stereocenters. The van der Waals surface area contributed by atoms with Gasteiger partial charge in [0.05, 0.1) is 29.2 Å². The van der Waals surface area contributed by atoms with E-state index in [0.29, 0.717) is 0 Å². The first kappa shape index (κ1) is 8.13. The molecule has 2 N–H and O–H groups in total. The van der Waals surface area contributed by atoms with Crippen molar-refractivity contribution < 1.29 is 0 Å². The second-order valence-electron chi connectivity index (χ2n) is 3.52. The van der Waals surface area contributed by atoms with Gasteiger partial charge in [-0.3, -0.25) is 0 Å². The van der Waals surface area contributed by atoms with Crippen LogP contribution in [0.3, 0.4) is 0 Å². The van der Waals surface area contributed by atoms with Crippen molar-refractivity contribution in [1.82, 2.24) is 8.75 Å². The van der Waals surface area contributed by atoms with Gasteiger partial charge in [0.25, 0.3) is 0 Å². The lowest BCUT2D eigenvalue weighted by Crippen LogP contribution is -2.12. The van der Waals surface area contributed by atoms with Crippen LogP contribution in [0.1, 0.15) is 36.7 Å². The molecular formula is C8H13N3S. The Kier molecular flexibility index (Phi) is 2.11. The second-order valence-corrected chi connectivity index (χ2v) is 4.05. The van der Waals surface area contributed by atoms with Crippen LogP contribution in [0, 0.1) is 12.8 Å². The fourth-order valence-corrected chi connectivity index (χ4v) is 2.01. The molecule has 1 unspecified atom stereocenters. The van der Waals surface area contributed by atoms with Crippen LogP contribution in [0.5, 0.6) is 0 Å². The van der Waals surface area contributed by atoms with Gasteiger partial charge in [0.2, 0.25) is 0 Å². The van der Waals surface area contributed by atoms with Crippen molar-refractivity contribution in [3.8, 4) is 0 Å². The number of aromatic nitrogens is 2. The number of aryl methyl sites for hydroxylation is 1. The second kappa shape index (κ2) is 3.11. The zero-order chi connectivity index (χ0) is 8.55. The average Bonchev–Trinajstić information content (AvgIpc) is 2.72. The maximum atomic E-state index is 5.99. The molecule has 12 heavy (non-hydrogen) atoms. The maximum absolute atomic E-state index is 5.99. The van der Waals surface area contributed by atoms with Gasteiger partial charge in [0.15, 0.2) is 0 Å². The number of hydrogen-bond donors (Lipinski definition) is 1. The van der Waals surface area contributed by atoms with Crippen LogP contribution < -0.4 is 5.73 Å². The van der Waals surface area contributed by atoms with Crippen molar-refractivity contribution in [1.29, 1.82) is 0 Å². The van der Waals surface area contributed by atoms with Crippen LogP contribution in [-0.2, 0) is 0 Å². The van der Waals surface area contributed by atoms with E-state index in [1.165, 1.54) is 24.6 Å². The van der Waals surface area contributed by atoms with Gasteiger partial charge in [-0.15, -0.1) is 0 Å². The van der Waals surface area contributed by atoms with Gasteiger partial charge in [-0.2, -0.15) is 8.75 Å². The molecule has 1 fully saturated rings. The number of nitrogens with zero attached hydrogens (tertiary/aromatic N) is 2. The van der Waals surface area contributed by atoms with Gasteiger partial charge in [-0.05, 0) is 19.3 Å². The largest absolute Gasteiger partial charge is 0.323 e. The predicted molar refractivity (Wildman–Crippen MR) is 48.9 cm³/mol. The molecule has 2 rings (SSSR count). The summed E-state index contributed by atoms with van der Waals surface area (Å²) in [6.07, 6.45) is 3.79. The SMILES string of the molecule is Cc1nsnc1C(N)CC1CC1. The van der Waals surface area contributed by atoms with Gasteiger partial charge in [0, 0.05) is 0 Å². The van der Waals surface area contributed by atoms with Gasteiger partial charge in [-0.25, -0.2) is 0 Å². The zero-order valence-electron chi connectivity index (χ0n) is 7.16. The van der Waals surface area contributed by atoms with E-state index < -0.39 is 0 Å². The molecule has 1 aromatic rings. The predicted octanol–water partition coefficient (Wildman–Crippen LogP) is 1.65. The highest BCUT2D eigenvalue weighted by Gasteiger charge is 2.26. The summed E-state index contributed by atoms with van der Waals surface area (Å²) in [6.45, 7) is 1.98. The Labute approximate surface area is 76.3 Å². The lowest BCUT2D eigenvalue weighted by Gasteiger charge is -2.07. The first-order chi connectivity index (χ1) is 5.77. The van der Waals surface area contributed by atoms with E-state index in [1.807, 2.05) is 6.92 Å². The molecule has 3 nitrogen and oxygen atoms in total. The van der Waals surface area contributed by atoms with Crippen molar-refractivity contribution in [2.45, 2.75) is 32.2 Å². The van der Waals surface area contributed by atoms with E-state index in [2.05, 4.69) is 8.75 Å². The van der Waals surface area contributed by atoms with E-state index >= 15 is 0 Å². The Bertz CT molecular complexity index is 267. The van der Waals surface area contributed by atoms with Crippen molar-refractivity contribution in [2.24, 2.45) is 11.7 Å². The van der Waals surface area contributed by atoms with E-state index in [4.69, 9.17) is 5.73 Å². The summed E-state index contributed by atoms with van der Waals surface area (Å²) in [7, 11) is 0. The molecule has 1 aromatic heterocycles. The highest BCUT2D eigenvalue weighted by atomic mass is 32.1. The van der Waals surface area contributed by atoms with Crippen molar-refractivity contribution in [2.75, 3.05) is 0 Å². The van der Waals surface area contributed by atoms with E-state index in [9.17, 15) is 0 Å². The summed E-state index contributed by atoms with van der Waals surface area (Å²) in [5, 5.41) is 0. The molecule has 0 spiro atoms. The number of nitrogens with two attached hydrogens (primary N) is 1. The first-order valence-electron chi connectivity index (χ1n) is 4.32. The maximum Gasteiger partial charge on any atom is 0.0939 e. The summed E-state index contributed by atoms with van der Waals surface area (Å²) in [5.41, 5.74) is 8.00. The smallest absolute Gasteiger partial charge is 0.0939 e. The lowest BCUT2D eigenvalue weighted by molar-refractivity contribution is 0.584. The van der Waals surface area contributed by atoms with Gasteiger partial charge < -0.3 is 5.73 Å². The minimum Gasteiger partial charge on any atom is -0.323 e. The average molecular weight is 183 g/mol. The van der Waals surface area contributed by atoms with Gasteiger partial charge in [0.1, 0.15) is 0 Å². The summed E-state index contributed by atoms with van der Waals surface area (Å²) in [4.78, 5) is 0. The van der Waals surface area contributed by atoms with Crippen LogP contribution in [0.15, 0.2) is 0 Å². The summed E-state index contributed by atoms with van der Waals surface area (Å²) >= 11 is 1.26. The molecule has 0 bridgehead atoms. The van der Waals surface area contributed by atoms with Gasteiger partial charge in [-0.1, -0.05) is 12.8 Å². The molecule has 0 aliphatic heterocycles. The van der Waals surface area contributed by atoms with Crippen LogP contribution in [0.25, 0.3) is 0 Å². The van der Waals surface area contributed by atoms with Crippen molar-refractivity contribution >= 4 is 11.7 Å². The Balaban J connectivity index is 2.02. The summed E-state index contributed by atoms with van der Waals surface area (Å²) < 4.78 is 8.32. The fourth-order valence-electron chi connectivity index (χ4n) is 1.40. The third-order valence-corrected chi connectivity index (χ3v) is 2.96. The molecule has 1 heterocycles. The molecule has 1 saturated carbocycles. The first-order valence-corrected chi connectivity index (χ1v) is 5.05. The minimum atomic E-state index is 0.122. The van der Waals surface area contributed by atoms with Crippen LogP contribution in [-0.4, -0.2) is 8.75 Å². The highest BCUT2D eigenvalue weighted by Crippen LogP contribution is 2.36. The Morgan fingerprint density at radius 1 is 1.58 bits per heavy atom. The van der Waals surface area contributed by atoms with Gasteiger partial charge >= 0.3 is 0 Å². The van der Waals surface area contributed by atoms with E-state index in [1.54, 1.807) is 0 Å². The van der Waals surface area contributed by atoms with E-state index in [0.717, 1.165) is 23.7 Å². The Morgan fingerprint density at radius 2 is 2.33 bits per heavy atom. The standard InChI is InChI=1S/C8H13N3S/c1-5-8(11-12-10-5)7(9)4-6-2-3-6/h6-7H,2-4,9H2,1H3. The number of hydrogen-bond acceptors (Lipinski definition) is 4. The molecule has 0 aromatic carbocycles. The molecule has 66 valence electrons. The topological polar surface area (TPSA) is 51.8 Å². The third kappa shape index (κ3) is 1.64. The number of rotatable bonds is 3. The monoisotopic (exact) mass is 183 g/mol. The molecule has 1 aliphatic rings. The fraction of sp³-hybridized carbons (Fsp3) is 0.750. The Hall–Kier alpha value is -0.480. The minimum absolute atomic E-state index is 0.122. The molecule has 1 aliphatic carbocycles. The molecule has 0 amide bonds. The lowest BCUT2D eigenvalue weighted by atomic mass is 10.1. The van der Waals surface area contributed by atoms with Crippen LogP contribution in [0.4, 0.5) is 0 Å². The molecule has 4 heteroatoms. The van der Waals surface area contributed by atoms with E-state index in [-0.39, 0.29) is 6.04 Å². The third-order valence-electron chi connectivity index (χ3n) is 2.32. The van der Waals surface area contributed by atoms with Crippen LogP contribution >= 0.6 is 11.7 Å². The molecular weight excluding hydrogens is 170 g/mol.